The van der Waals surface area contributed by atoms with Gasteiger partial charge in [0.15, 0.2) is 0 Å². The molecule has 0 amide bonds. The van der Waals surface area contributed by atoms with Gasteiger partial charge in [0.2, 0.25) is 10.0 Å². The molecule has 2 N–H and O–H groups in total. The predicted octanol–water partition coefficient (Wildman–Crippen LogP) is 2.80. The van der Waals surface area contributed by atoms with Crippen LogP contribution in [0.4, 0.5) is 4.39 Å². The highest BCUT2D eigenvalue weighted by Gasteiger charge is 2.20. The average Bonchev–Trinajstić information content (AvgIpc) is 2.48. The molecule has 2 aromatic carbocycles. The molecule has 1 unspecified atom stereocenters. The number of aryl methyl sites for hydroxylation is 1. The summed E-state index contributed by atoms with van der Waals surface area (Å²) in [5, 5.41) is 10.1. The maximum absolute atomic E-state index is 12.8. The fourth-order valence-electron chi connectivity index (χ4n) is 1.90. The van der Waals surface area contributed by atoms with Crippen LogP contribution in [0.15, 0.2) is 47.4 Å². The van der Waals surface area contributed by atoms with E-state index >= 15 is 0 Å². The first-order valence-corrected chi connectivity index (χ1v) is 8.35. The minimum absolute atomic E-state index is 0.0412. The lowest BCUT2D eigenvalue weighted by atomic mass is 10.1. The monoisotopic (exact) mass is 343 g/mol. The summed E-state index contributed by atoms with van der Waals surface area (Å²) in [5.74, 6) is -0.428. The van der Waals surface area contributed by atoms with Crippen LogP contribution in [-0.2, 0) is 10.0 Å². The standard InChI is InChI=1S/C15H15ClFNO3S/c1-10-3-2-4-14(15(10)16)22(20,21)18-9-13(19)11-5-7-12(17)8-6-11/h2-8,13,18-19H,9H2,1H3. The van der Waals surface area contributed by atoms with Crippen LogP contribution >= 0.6 is 11.6 Å². The van der Waals surface area contributed by atoms with Crippen molar-refractivity contribution in [3.63, 3.8) is 0 Å². The largest absolute Gasteiger partial charge is 0.387 e. The van der Waals surface area contributed by atoms with Gasteiger partial charge >= 0.3 is 0 Å². The zero-order valence-corrected chi connectivity index (χ0v) is 13.3. The molecule has 0 aliphatic rings. The molecule has 0 heterocycles. The number of hydrogen-bond donors (Lipinski definition) is 2. The molecule has 1 atom stereocenters. The van der Waals surface area contributed by atoms with Crippen molar-refractivity contribution in [2.24, 2.45) is 0 Å². The number of benzene rings is 2. The van der Waals surface area contributed by atoms with Crippen molar-refractivity contribution < 1.29 is 17.9 Å². The van der Waals surface area contributed by atoms with Crippen molar-refractivity contribution in [3.05, 3.63) is 64.4 Å². The summed E-state index contributed by atoms with van der Waals surface area (Å²) < 4.78 is 39.6. The van der Waals surface area contributed by atoms with Gasteiger partial charge in [-0.05, 0) is 36.2 Å². The Hall–Kier alpha value is -1.47. The first-order valence-electron chi connectivity index (χ1n) is 6.49. The van der Waals surface area contributed by atoms with Crippen molar-refractivity contribution in [2.75, 3.05) is 6.54 Å². The second kappa shape index (κ2) is 6.75. The topological polar surface area (TPSA) is 66.4 Å². The van der Waals surface area contributed by atoms with E-state index in [0.717, 1.165) is 0 Å². The molecular formula is C15H15ClFNO3S. The number of aliphatic hydroxyl groups excluding tert-OH is 1. The van der Waals surface area contributed by atoms with E-state index in [9.17, 15) is 17.9 Å². The van der Waals surface area contributed by atoms with Gasteiger partial charge in [-0.25, -0.2) is 17.5 Å². The molecule has 7 heteroatoms. The molecule has 0 radical (unpaired) electrons. The summed E-state index contributed by atoms with van der Waals surface area (Å²) in [6.45, 7) is 1.47. The maximum atomic E-state index is 12.8. The normalized spacial score (nSPS) is 13.1. The van der Waals surface area contributed by atoms with E-state index in [0.29, 0.717) is 11.1 Å². The van der Waals surface area contributed by atoms with Crippen LogP contribution in [0.5, 0.6) is 0 Å². The number of halogens is 2. The summed E-state index contributed by atoms with van der Waals surface area (Å²) >= 11 is 6.00. The van der Waals surface area contributed by atoms with Gasteiger partial charge in [-0.3, -0.25) is 0 Å². The zero-order valence-electron chi connectivity index (χ0n) is 11.8. The van der Waals surface area contributed by atoms with Gasteiger partial charge in [-0.2, -0.15) is 0 Å². The Bertz CT molecular complexity index is 763. The Kier molecular flexibility index (Phi) is 5.18. The molecule has 2 aromatic rings. The molecule has 0 aliphatic heterocycles. The lowest BCUT2D eigenvalue weighted by Gasteiger charge is -2.14. The molecule has 2 rings (SSSR count). The van der Waals surface area contributed by atoms with Crippen molar-refractivity contribution >= 4 is 21.6 Å². The highest BCUT2D eigenvalue weighted by atomic mass is 35.5. The summed E-state index contributed by atoms with van der Waals surface area (Å²) in [5.41, 5.74) is 1.06. The SMILES string of the molecule is Cc1cccc(S(=O)(=O)NCC(O)c2ccc(F)cc2)c1Cl. The van der Waals surface area contributed by atoms with Crippen molar-refractivity contribution in [2.45, 2.75) is 17.9 Å². The third-order valence-electron chi connectivity index (χ3n) is 3.17. The molecule has 22 heavy (non-hydrogen) atoms. The lowest BCUT2D eigenvalue weighted by Crippen LogP contribution is -2.28. The minimum atomic E-state index is -3.84. The number of hydrogen-bond acceptors (Lipinski definition) is 3. The molecule has 0 saturated heterocycles. The third-order valence-corrected chi connectivity index (χ3v) is 5.25. The Morgan fingerprint density at radius 1 is 1.23 bits per heavy atom. The van der Waals surface area contributed by atoms with Crippen molar-refractivity contribution in [1.82, 2.24) is 4.72 Å². The van der Waals surface area contributed by atoms with Gasteiger partial charge in [0.05, 0.1) is 11.1 Å². The molecule has 0 bridgehead atoms. The van der Waals surface area contributed by atoms with E-state index in [4.69, 9.17) is 11.6 Å². The lowest BCUT2D eigenvalue weighted by molar-refractivity contribution is 0.182. The summed E-state index contributed by atoms with van der Waals surface area (Å²) in [6, 6.07) is 9.87. The fraction of sp³-hybridized carbons (Fsp3) is 0.200. The van der Waals surface area contributed by atoms with Gasteiger partial charge in [-0.1, -0.05) is 35.9 Å². The van der Waals surface area contributed by atoms with Gasteiger partial charge in [0, 0.05) is 6.54 Å². The first kappa shape index (κ1) is 16.9. The first-order chi connectivity index (χ1) is 10.3. The van der Waals surface area contributed by atoms with E-state index in [-0.39, 0.29) is 16.5 Å². The maximum Gasteiger partial charge on any atom is 0.242 e. The third kappa shape index (κ3) is 3.84. The smallest absolute Gasteiger partial charge is 0.242 e. The quantitative estimate of drug-likeness (QED) is 0.877. The Balaban J connectivity index is 2.12. The van der Waals surface area contributed by atoms with Gasteiger partial charge in [0.1, 0.15) is 10.7 Å². The van der Waals surface area contributed by atoms with Crippen molar-refractivity contribution in [3.8, 4) is 0 Å². The molecular weight excluding hydrogens is 329 g/mol. The van der Waals surface area contributed by atoms with Gasteiger partial charge in [-0.15, -0.1) is 0 Å². The van der Waals surface area contributed by atoms with E-state index in [2.05, 4.69) is 4.72 Å². The molecule has 0 spiro atoms. The Morgan fingerprint density at radius 3 is 2.50 bits per heavy atom. The highest BCUT2D eigenvalue weighted by molar-refractivity contribution is 7.89. The van der Waals surface area contributed by atoms with Crippen molar-refractivity contribution in [1.29, 1.82) is 0 Å². The molecule has 0 aromatic heterocycles. The second-order valence-electron chi connectivity index (χ2n) is 4.81. The average molecular weight is 344 g/mol. The van der Waals surface area contributed by atoms with E-state index in [1.165, 1.54) is 30.3 Å². The minimum Gasteiger partial charge on any atom is -0.387 e. The predicted molar refractivity (Wildman–Crippen MR) is 82.7 cm³/mol. The van der Waals surface area contributed by atoms with Crippen LogP contribution in [0.2, 0.25) is 5.02 Å². The molecule has 0 fully saturated rings. The van der Waals surface area contributed by atoms with E-state index in [1.54, 1.807) is 19.1 Å². The summed E-state index contributed by atoms with van der Waals surface area (Å²) in [6.07, 6.45) is -1.08. The highest BCUT2D eigenvalue weighted by Crippen LogP contribution is 2.24. The molecule has 0 aliphatic carbocycles. The molecule has 4 nitrogen and oxygen atoms in total. The van der Waals surface area contributed by atoms with Gasteiger partial charge < -0.3 is 5.11 Å². The van der Waals surface area contributed by atoms with Crippen LogP contribution in [0.25, 0.3) is 0 Å². The fourth-order valence-corrected chi connectivity index (χ4v) is 3.52. The number of rotatable bonds is 5. The van der Waals surface area contributed by atoms with Crippen LogP contribution in [0.3, 0.4) is 0 Å². The van der Waals surface area contributed by atoms with E-state index in [1.807, 2.05) is 0 Å². The summed E-state index contributed by atoms with van der Waals surface area (Å²) in [4.78, 5) is -0.0412. The molecule has 118 valence electrons. The zero-order chi connectivity index (χ0) is 16.3. The number of aliphatic hydroxyl groups is 1. The Labute approximate surface area is 133 Å². The van der Waals surface area contributed by atoms with Crippen LogP contribution in [0, 0.1) is 12.7 Å². The number of nitrogens with one attached hydrogen (secondary N) is 1. The molecule has 0 saturated carbocycles. The van der Waals surface area contributed by atoms with E-state index < -0.39 is 21.9 Å². The van der Waals surface area contributed by atoms with Crippen LogP contribution in [0.1, 0.15) is 17.2 Å². The van der Waals surface area contributed by atoms with Gasteiger partial charge in [0.25, 0.3) is 0 Å². The van der Waals surface area contributed by atoms with Crippen LogP contribution in [-0.4, -0.2) is 20.1 Å². The second-order valence-corrected chi connectivity index (χ2v) is 6.92. The Morgan fingerprint density at radius 2 is 1.86 bits per heavy atom. The van der Waals surface area contributed by atoms with Crippen LogP contribution < -0.4 is 4.72 Å². The summed E-state index contributed by atoms with van der Waals surface area (Å²) in [7, 11) is -3.84. The number of sulfonamides is 1.